The van der Waals surface area contributed by atoms with Crippen molar-refractivity contribution in [2.24, 2.45) is 0 Å². The van der Waals surface area contributed by atoms with Crippen LogP contribution in [0.1, 0.15) is 0 Å². The second-order valence-corrected chi connectivity index (χ2v) is 1.57. The van der Waals surface area contributed by atoms with Crippen molar-refractivity contribution < 1.29 is 0 Å². The van der Waals surface area contributed by atoms with Crippen molar-refractivity contribution in [3.05, 3.63) is 11.2 Å². The molecule has 0 aliphatic carbocycles. The first kappa shape index (κ1) is 5.24. The molecule has 0 amide bonds. The predicted octanol–water partition coefficient (Wildman–Crippen LogP) is 0.107. The molecule has 0 aromatic carbocycles. The van der Waals surface area contributed by atoms with Crippen LogP contribution in [0.25, 0.3) is 0 Å². The Morgan fingerprint density at radius 3 is 2.75 bits per heavy atom. The van der Waals surface area contributed by atoms with Crippen LogP contribution in [-0.4, -0.2) is 15.4 Å². The van der Waals surface area contributed by atoms with Gasteiger partial charge in [0.1, 0.15) is 5.02 Å². The van der Waals surface area contributed by atoms with Gasteiger partial charge in [0.25, 0.3) is 0 Å². The van der Waals surface area contributed by atoms with E-state index in [4.69, 9.17) is 17.3 Å². The van der Waals surface area contributed by atoms with Gasteiger partial charge < -0.3 is 5.73 Å². The van der Waals surface area contributed by atoms with Gasteiger partial charge in [-0.25, -0.2) is 0 Å². The summed E-state index contributed by atoms with van der Waals surface area (Å²) in [5, 5.41) is 10.3. The topological polar surface area (TPSA) is 64.7 Å². The predicted molar refractivity (Wildman–Crippen MR) is 29.2 cm³/mol. The molecule has 0 bridgehead atoms. The van der Waals surface area contributed by atoms with Gasteiger partial charge in [-0.15, -0.1) is 10.2 Å². The first-order valence-corrected chi connectivity index (χ1v) is 2.28. The Balaban J connectivity index is 3.13. The summed E-state index contributed by atoms with van der Waals surface area (Å²) in [6.07, 6.45) is 1.34. The van der Waals surface area contributed by atoms with Crippen LogP contribution < -0.4 is 5.73 Å². The normalized spacial score (nSPS) is 9.12. The Morgan fingerprint density at radius 1 is 1.62 bits per heavy atom. The number of hydrogen-bond acceptors (Lipinski definition) is 4. The summed E-state index contributed by atoms with van der Waals surface area (Å²) in [5.74, 6) is 0.210. The minimum Gasteiger partial charge on any atom is -0.381 e. The molecule has 8 heavy (non-hydrogen) atoms. The van der Waals surface area contributed by atoms with Crippen molar-refractivity contribution in [1.29, 1.82) is 0 Å². The van der Waals surface area contributed by atoms with Crippen LogP contribution in [-0.2, 0) is 0 Å². The monoisotopic (exact) mass is 130 g/mol. The zero-order chi connectivity index (χ0) is 5.98. The Bertz CT molecular complexity index is 167. The number of anilines is 1. The molecule has 0 unspecified atom stereocenters. The molecule has 0 saturated heterocycles. The maximum atomic E-state index is 5.42. The highest BCUT2D eigenvalue weighted by atomic mass is 35.5. The number of nitrogens with two attached hydrogens (primary N) is 1. The fourth-order valence-corrected chi connectivity index (χ4v) is 0.346. The zero-order valence-corrected chi connectivity index (χ0v) is 4.63. The third-order valence-electron chi connectivity index (χ3n) is 0.620. The van der Waals surface area contributed by atoms with E-state index in [1.54, 1.807) is 0 Å². The lowest BCUT2D eigenvalue weighted by atomic mass is 10.6. The molecule has 2 N–H and O–H groups in total. The molecular formula is C3H3ClN4. The number of nitrogens with zero attached hydrogens (tertiary/aromatic N) is 3. The van der Waals surface area contributed by atoms with Gasteiger partial charge in [0.15, 0.2) is 5.82 Å². The fraction of sp³-hybridized carbons (Fsp3) is 0. The molecule has 5 heteroatoms. The average Bonchev–Trinajstić information content (AvgIpc) is 1.77. The summed E-state index contributed by atoms with van der Waals surface area (Å²) < 4.78 is 0. The fourth-order valence-electron chi connectivity index (χ4n) is 0.264. The Kier molecular flexibility index (Phi) is 1.26. The molecule has 1 rings (SSSR count). The van der Waals surface area contributed by atoms with Crippen molar-refractivity contribution in [2.75, 3.05) is 5.73 Å². The van der Waals surface area contributed by atoms with E-state index >= 15 is 0 Å². The number of aromatic nitrogens is 3. The van der Waals surface area contributed by atoms with Crippen molar-refractivity contribution >= 4 is 17.4 Å². The Labute approximate surface area is 50.7 Å². The molecule has 0 spiro atoms. The number of rotatable bonds is 0. The summed E-state index contributed by atoms with van der Waals surface area (Å²) in [6.45, 7) is 0. The lowest BCUT2D eigenvalue weighted by Crippen LogP contribution is -1.94. The number of halogens is 1. The van der Waals surface area contributed by atoms with Crippen LogP contribution in [0.2, 0.25) is 5.02 Å². The highest BCUT2D eigenvalue weighted by molar-refractivity contribution is 6.32. The lowest BCUT2D eigenvalue weighted by molar-refractivity contribution is 0.873. The van der Waals surface area contributed by atoms with Gasteiger partial charge in [-0.3, -0.25) is 0 Å². The number of nitrogen functional groups attached to an aromatic ring is 1. The maximum absolute atomic E-state index is 5.42. The van der Waals surface area contributed by atoms with E-state index < -0.39 is 0 Å². The third-order valence-corrected chi connectivity index (χ3v) is 0.911. The van der Waals surface area contributed by atoms with Gasteiger partial charge in [0.05, 0.1) is 6.20 Å². The smallest absolute Gasteiger partial charge is 0.168 e. The Hall–Kier alpha value is -0.900. The van der Waals surface area contributed by atoms with Gasteiger partial charge in [-0.1, -0.05) is 11.6 Å². The molecule has 0 atom stereocenters. The molecule has 0 saturated carbocycles. The first-order chi connectivity index (χ1) is 3.80. The van der Waals surface area contributed by atoms with Crippen molar-refractivity contribution in [3.63, 3.8) is 0 Å². The van der Waals surface area contributed by atoms with E-state index in [1.165, 1.54) is 6.20 Å². The van der Waals surface area contributed by atoms with Crippen LogP contribution in [0.3, 0.4) is 0 Å². The minimum absolute atomic E-state index is 0.210. The van der Waals surface area contributed by atoms with Gasteiger partial charge in [0, 0.05) is 0 Å². The van der Waals surface area contributed by atoms with Crippen molar-refractivity contribution in [3.8, 4) is 0 Å². The van der Waals surface area contributed by atoms with Crippen molar-refractivity contribution in [1.82, 2.24) is 15.4 Å². The molecule has 0 fully saturated rings. The highest BCUT2D eigenvalue weighted by Gasteiger charge is 1.92. The van der Waals surface area contributed by atoms with E-state index in [-0.39, 0.29) is 5.82 Å². The standard InChI is InChI=1S/C3H3ClN4/c4-2-1-6-8-7-3(2)5/h1H,(H2,5,6,7). The van der Waals surface area contributed by atoms with E-state index in [9.17, 15) is 0 Å². The van der Waals surface area contributed by atoms with Gasteiger partial charge in [0.2, 0.25) is 0 Å². The summed E-state index contributed by atoms with van der Waals surface area (Å²) in [4.78, 5) is 0. The SMILES string of the molecule is Nc1nnncc1Cl. The second kappa shape index (κ2) is 1.92. The quantitative estimate of drug-likeness (QED) is 0.541. The zero-order valence-electron chi connectivity index (χ0n) is 3.87. The molecule has 0 aliphatic heterocycles. The lowest BCUT2D eigenvalue weighted by Gasteiger charge is -1.87. The van der Waals surface area contributed by atoms with Crippen LogP contribution in [0.5, 0.6) is 0 Å². The van der Waals surface area contributed by atoms with Gasteiger partial charge >= 0.3 is 0 Å². The maximum Gasteiger partial charge on any atom is 0.168 e. The van der Waals surface area contributed by atoms with E-state index in [2.05, 4.69) is 15.4 Å². The molecule has 1 heterocycles. The molecule has 42 valence electrons. The summed E-state index contributed by atoms with van der Waals surface area (Å²) >= 11 is 5.42. The summed E-state index contributed by atoms with van der Waals surface area (Å²) in [7, 11) is 0. The van der Waals surface area contributed by atoms with Crippen molar-refractivity contribution in [2.45, 2.75) is 0 Å². The van der Waals surface area contributed by atoms with E-state index in [0.29, 0.717) is 5.02 Å². The minimum atomic E-state index is 0.210. The van der Waals surface area contributed by atoms with Crippen LogP contribution >= 0.6 is 11.6 Å². The highest BCUT2D eigenvalue weighted by Crippen LogP contribution is 2.09. The van der Waals surface area contributed by atoms with Crippen LogP contribution in [0.15, 0.2) is 6.20 Å². The van der Waals surface area contributed by atoms with Gasteiger partial charge in [-0.05, 0) is 5.21 Å². The molecular weight excluding hydrogens is 128 g/mol. The Morgan fingerprint density at radius 2 is 2.38 bits per heavy atom. The summed E-state index contributed by atoms with van der Waals surface area (Å²) in [5.41, 5.74) is 5.17. The largest absolute Gasteiger partial charge is 0.381 e. The summed E-state index contributed by atoms with van der Waals surface area (Å²) in [6, 6.07) is 0. The second-order valence-electron chi connectivity index (χ2n) is 1.17. The van der Waals surface area contributed by atoms with E-state index in [0.717, 1.165) is 0 Å². The third kappa shape index (κ3) is 0.840. The van der Waals surface area contributed by atoms with Crippen LogP contribution in [0, 0.1) is 0 Å². The molecule has 1 aromatic heterocycles. The average molecular weight is 131 g/mol. The number of hydrogen-bond donors (Lipinski definition) is 1. The van der Waals surface area contributed by atoms with Gasteiger partial charge in [-0.2, -0.15) is 0 Å². The molecule has 4 nitrogen and oxygen atoms in total. The molecule has 0 radical (unpaired) electrons. The molecule has 1 aromatic rings. The van der Waals surface area contributed by atoms with E-state index in [1.807, 2.05) is 0 Å². The van der Waals surface area contributed by atoms with Crippen LogP contribution in [0.4, 0.5) is 5.82 Å². The first-order valence-electron chi connectivity index (χ1n) is 1.90. The molecule has 0 aliphatic rings.